The molecule has 0 unspecified atom stereocenters. The van der Waals surface area contributed by atoms with Gasteiger partial charge < -0.3 is 16.4 Å². The van der Waals surface area contributed by atoms with Crippen molar-refractivity contribution in [3.63, 3.8) is 0 Å². The molecule has 0 aromatic heterocycles. The Bertz CT molecular complexity index is 299. The summed E-state index contributed by atoms with van der Waals surface area (Å²) in [5.74, 6) is -2.32. The van der Waals surface area contributed by atoms with Gasteiger partial charge in [0.1, 0.15) is 0 Å². The number of rotatable bonds is 16. The van der Waals surface area contributed by atoms with Gasteiger partial charge in [-0.25, -0.2) is 0 Å². The van der Waals surface area contributed by atoms with E-state index in [0.29, 0.717) is 12.8 Å². The molecular weight excluding hydrogens is 306 g/mol. The van der Waals surface area contributed by atoms with Crippen molar-refractivity contribution in [2.45, 2.75) is 104 Å². The lowest BCUT2D eigenvalue weighted by atomic mass is 9.78. The van der Waals surface area contributed by atoms with Crippen molar-refractivity contribution in [2.75, 3.05) is 0 Å². The SMILES string of the molecule is CCCCCCCCC(CCCCCCCC)(C(=O)O)C(=O)O.N. The largest absolute Gasteiger partial charge is 0.480 e. The summed E-state index contributed by atoms with van der Waals surface area (Å²) in [5, 5.41) is 19.0. The van der Waals surface area contributed by atoms with Crippen LogP contribution in [0.3, 0.4) is 0 Å². The van der Waals surface area contributed by atoms with Crippen molar-refractivity contribution in [2.24, 2.45) is 5.41 Å². The second-order valence-corrected chi connectivity index (χ2v) is 6.73. The standard InChI is InChI=1S/C19H36O4.H3N/c1-3-5-7-9-11-13-15-19(17(20)21,18(22)23)16-14-12-10-8-6-4-2;/h3-16H2,1-2H3,(H,20,21)(H,22,23);1H3. The molecular formula is C19H39NO4. The van der Waals surface area contributed by atoms with Crippen molar-refractivity contribution in [3.8, 4) is 0 Å². The summed E-state index contributed by atoms with van der Waals surface area (Å²) in [6.45, 7) is 4.31. The minimum Gasteiger partial charge on any atom is -0.480 e. The molecule has 5 N–H and O–H groups in total. The van der Waals surface area contributed by atoms with Crippen LogP contribution in [0.2, 0.25) is 0 Å². The molecule has 0 aromatic carbocycles. The van der Waals surface area contributed by atoms with Crippen LogP contribution in [0, 0.1) is 5.41 Å². The van der Waals surface area contributed by atoms with Crippen LogP contribution in [0.5, 0.6) is 0 Å². The second kappa shape index (κ2) is 15.4. The van der Waals surface area contributed by atoms with E-state index in [9.17, 15) is 19.8 Å². The molecule has 5 heteroatoms. The van der Waals surface area contributed by atoms with Crippen molar-refractivity contribution < 1.29 is 19.8 Å². The molecule has 0 bridgehead atoms. The molecule has 0 aliphatic heterocycles. The molecule has 0 saturated carbocycles. The van der Waals surface area contributed by atoms with E-state index in [1.165, 1.54) is 25.7 Å². The van der Waals surface area contributed by atoms with Gasteiger partial charge in [0.15, 0.2) is 5.41 Å². The molecule has 144 valence electrons. The van der Waals surface area contributed by atoms with E-state index in [1.54, 1.807) is 0 Å². The molecule has 0 atom stereocenters. The Morgan fingerprint density at radius 2 is 0.917 bits per heavy atom. The van der Waals surface area contributed by atoms with Gasteiger partial charge in [0, 0.05) is 0 Å². The molecule has 0 fully saturated rings. The van der Waals surface area contributed by atoms with Crippen LogP contribution in [0.4, 0.5) is 0 Å². The van der Waals surface area contributed by atoms with E-state index >= 15 is 0 Å². The Morgan fingerprint density at radius 3 is 1.21 bits per heavy atom. The van der Waals surface area contributed by atoms with Crippen LogP contribution in [-0.2, 0) is 9.59 Å². The van der Waals surface area contributed by atoms with Crippen molar-refractivity contribution >= 4 is 11.9 Å². The Labute approximate surface area is 147 Å². The smallest absolute Gasteiger partial charge is 0.321 e. The van der Waals surface area contributed by atoms with Crippen LogP contribution in [0.25, 0.3) is 0 Å². The lowest BCUT2D eigenvalue weighted by Gasteiger charge is -2.25. The van der Waals surface area contributed by atoms with E-state index in [2.05, 4.69) is 13.8 Å². The molecule has 0 saturated heterocycles. The van der Waals surface area contributed by atoms with Crippen LogP contribution >= 0.6 is 0 Å². The molecule has 5 nitrogen and oxygen atoms in total. The number of carboxylic acids is 2. The average molecular weight is 346 g/mol. The number of aliphatic carboxylic acids is 2. The molecule has 0 aromatic rings. The predicted octanol–water partition coefficient (Wildman–Crippen LogP) is 5.81. The first-order chi connectivity index (χ1) is 11.0. The molecule has 0 aliphatic carbocycles. The van der Waals surface area contributed by atoms with E-state index in [0.717, 1.165) is 38.5 Å². The van der Waals surface area contributed by atoms with Gasteiger partial charge in [0.05, 0.1) is 0 Å². The van der Waals surface area contributed by atoms with E-state index in [-0.39, 0.29) is 19.0 Å². The van der Waals surface area contributed by atoms with Gasteiger partial charge >= 0.3 is 11.9 Å². The fourth-order valence-electron chi connectivity index (χ4n) is 3.06. The van der Waals surface area contributed by atoms with Gasteiger partial charge in [-0.3, -0.25) is 9.59 Å². The Morgan fingerprint density at radius 1 is 0.625 bits per heavy atom. The number of hydrogen-bond donors (Lipinski definition) is 3. The predicted molar refractivity (Wildman–Crippen MR) is 98.7 cm³/mol. The maximum absolute atomic E-state index is 11.6. The molecule has 0 rings (SSSR count). The van der Waals surface area contributed by atoms with Crippen LogP contribution < -0.4 is 6.15 Å². The summed E-state index contributed by atoms with van der Waals surface area (Å²) in [4.78, 5) is 23.2. The lowest BCUT2D eigenvalue weighted by molar-refractivity contribution is -0.166. The first-order valence-electron chi connectivity index (χ1n) is 9.48. The maximum atomic E-state index is 11.6. The van der Waals surface area contributed by atoms with Gasteiger partial charge in [-0.2, -0.15) is 0 Å². The summed E-state index contributed by atoms with van der Waals surface area (Å²) in [5.41, 5.74) is -1.57. The van der Waals surface area contributed by atoms with Crippen molar-refractivity contribution in [3.05, 3.63) is 0 Å². The van der Waals surface area contributed by atoms with Crippen molar-refractivity contribution in [1.29, 1.82) is 0 Å². The second-order valence-electron chi connectivity index (χ2n) is 6.73. The van der Waals surface area contributed by atoms with Crippen LogP contribution in [-0.4, -0.2) is 22.2 Å². The highest BCUT2D eigenvalue weighted by molar-refractivity contribution is 5.98. The fraction of sp³-hybridized carbons (Fsp3) is 0.895. The molecule has 0 radical (unpaired) electrons. The monoisotopic (exact) mass is 345 g/mol. The molecule has 0 heterocycles. The van der Waals surface area contributed by atoms with Gasteiger partial charge in [0.25, 0.3) is 0 Å². The third-order valence-electron chi connectivity index (χ3n) is 4.73. The molecule has 0 spiro atoms. The van der Waals surface area contributed by atoms with Gasteiger partial charge in [0.2, 0.25) is 0 Å². The number of unbranched alkanes of at least 4 members (excludes halogenated alkanes) is 10. The zero-order valence-electron chi connectivity index (χ0n) is 15.8. The van der Waals surface area contributed by atoms with E-state index in [4.69, 9.17) is 0 Å². The number of carboxylic acid groups (broad SMARTS) is 2. The Hall–Kier alpha value is -1.10. The fourth-order valence-corrected chi connectivity index (χ4v) is 3.06. The highest BCUT2D eigenvalue weighted by Crippen LogP contribution is 2.33. The van der Waals surface area contributed by atoms with Crippen LogP contribution in [0.1, 0.15) is 104 Å². The summed E-state index contributed by atoms with van der Waals surface area (Å²) < 4.78 is 0. The summed E-state index contributed by atoms with van der Waals surface area (Å²) in [7, 11) is 0. The van der Waals surface area contributed by atoms with Crippen LogP contribution in [0.15, 0.2) is 0 Å². The molecule has 24 heavy (non-hydrogen) atoms. The first kappa shape index (κ1) is 25.1. The van der Waals surface area contributed by atoms with Gasteiger partial charge in [-0.1, -0.05) is 90.9 Å². The number of hydrogen-bond acceptors (Lipinski definition) is 3. The van der Waals surface area contributed by atoms with E-state index in [1.807, 2.05) is 0 Å². The first-order valence-corrected chi connectivity index (χ1v) is 9.48. The summed E-state index contributed by atoms with van der Waals surface area (Å²) in [6.07, 6.45) is 13.0. The Kier molecular flexibility index (Phi) is 16.2. The molecule has 0 amide bonds. The zero-order valence-corrected chi connectivity index (χ0v) is 15.8. The quantitative estimate of drug-likeness (QED) is 0.242. The highest BCUT2D eigenvalue weighted by atomic mass is 16.4. The number of carbonyl (C=O) groups is 2. The van der Waals surface area contributed by atoms with Crippen molar-refractivity contribution in [1.82, 2.24) is 6.15 Å². The minimum atomic E-state index is -1.57. The molecule has 0 aliphatic rings. The van der Waals surface area contributed by atoms with Gasteiger partial charge in [-0.05, 0) is 12.8 Å². The maximum Gasteiger partial charge on any atom is 0.321 e. The average Bonchev–Trinajstić information content (AvgIpc) is 2.51. The normalized spacial score (nSPS) is 11.1. The zero-order chi connectivity index (χ0) is 17.6. The highest BCUT2D eigenvalue weighted by Gasteiger charge is 2.45. The topological polar surface area (TPSA) is 110 Å². The lowest BCUT2D eigenvalue weighted by Crippen LogP contribution is -2.39. The van der Waals surface area contributed by atoms with E-state index < -0.39 is 17.4 Å². The van der Waals surface area contributed by atoms with Gasteiger partial charge in [-0.15, -0.1) is 0 Å². The minimum absolute atomic E-state index is 0. The third-order valence-corrected chi connectivity index (χ3v) is 4.73. The summed E-state index contributed by atoms with van der Waals surface area (Å²) >= 11 is 0. The third kappa shape index (κ3) is 9.91. The summed E-state index contributed by atoms with van der Waals surface area (Å²) in [6, 6.07) is 0. The Balaban J connectivity index is 0.